The fraction of sp³-hybridized carbons (Fsp3) is 0.333. The van der Waals surface area contributed by atoms with Gasteiger partial charge in [-0.15, -0.1) is 0 Å². The third-order valence-corrected chi connectivity index (χ3v) is 6.93. The molecule has 8 nitrogen and oxygen atoms in total. The van der Waals surface area contributed by atoms with Crippen molar-refractivity contribution in [2.45, 2.75) is 11.8 Å². The molecular formula is C21H27N4O4S+. The predicted molar refractivity (Wildman–Crippen MR) is 114 cm³/mol. The molecule has 1 heterocycles. The first-order chi connectivity index (χ1) is 14.4. The van der Waals surface area contributed by atoms with Crippen molar-refractivity contribution in [2.24, 2.45) is 5.10 Å². The zero-order valence-electron chi connectivity index (χ0n) is 17.2. The quantitative estimate of drug-likeness (QED) is 0.478. The Morgan fingerprint density at radius 2 is 1.77 bits per heavy atom. The Balaban J connectivity index is 1.46. The van der Waals surface area contributed by atoms with E-state index in [0.29, 0.717) is 31.1 Å². The Bertz CT molecular complexity index is 981. The van der Waals surface area contributed by atoms with E-state index in [1.807, 2.05) is 31.2 Å². The minimum atomic E-state index is -3.49. The largest absolute Gasteiger partial charge is 0.497 e. The van der Waals surface area contributed by atoms with Crippen molar-refractivity contribution < 1.29 is 22.8 Å². The number of hydrogen-bond acceptors (Lipinski definition) is 5. The summed E-state index contributed by atoms with van der Waals surface area (Å²) in [4.78, 5) is 13.5. The number of quaternary nitrogens is 1. The van der Waals surface area contributed by atoms with Crippen molar-refractivity contribution in [3.63, 3.8) is 0 Å². The number of hydrogen-bond donors (Lipinski definition) is 2. The molecule has 0 saturated carbocycles. The lowest BCUT2D eigenvalue weighted by molar-refractivity contribution is -0.895. The highest BCUT2D eigenvalue weighted by atomic mass is 32.2. The van der Waals surface area contributed by atoms with Gasteiger partial charge in [-0.1, -0.05) is 17.7 Å². The molecule has 1 amide bonds. The van der Waals surface area contributed by atoms with Crippen LogP contribution in [0.3, 0.4) is 0 Å². The van der Waals surface area contributed by atoms with Crippen LogP contribution >= 0.6 is 0 Å². The topological polar surface area (TPSA) is 92.5 Å². The van der Waals surface area contributed by atoms with Crippen molar-refractivity contribution in [1.29, 1.82) is 0 Å². The van der Waals surface area contributed by atoms with E-state index in [4.69, 9.17) is 4.74 Å². The number of carbonyl (C=O) groups excluding carboxylic acids is 1. The van der Waals surface area contributed by atoms with Crippen LogP contribution in [0.2, 0.25) is 0 Å². The van der Waals surface area contributed by atoms with Crippen LogP contribution < -0.4 is 15.1 Å². The van der Waals surface area contributed by atoms with Crippen molar-refractivity contribution in [2.75, 3.05) is 39.8 Å². The molecule has 2 aromatic carbocycles. The smallest absolute Gasteiger partial charge is 0.295 e. The molecule has 0 aliphatic carbocycles. The van der Waals surface area contributed by atoms with Gasteiger partial charge < -0.3 is 9.64 Å². The van der Waals surface area contributed by atoms with Gasteiger partial charge in [-0.05, 0) is 48.9 Å². The average Bonchev–Trinajstić information content (AvgIpc) is 2.75. The molecule has 2 aromatic rings. The van der Waals surface area contributed by atoms with Gasteiger partial charge in [0.05, 0.1) is 44.4 Å². The van der Waals surface area contributed by atoms with Gasteiger partial charge >= 0.3 is 0 Å². The Morgan fingerprint density at radius 1 is 1.13 bits per heavy atom. The summed E-state index contributed by atoms with van der Waals surface area (Å²) in [7, 11) is -1.89. The third-order valence-electron chi connectivity index (χ3n) is 5.02. The predicted octanol–water partition coefficient (Wildman–Crippen LogP) is 0.0431. The van der Waals surface area contributed by atoms with Gasteiger partial charge in [-0.3, -0.25) is 4.79 Å². The zero-order valence-corrected chi connectivity index (χ0v) is 18.0. The molecule has 9 heteroatoms. The molecule has 0 atom stereocenters. The van der Waals surface area contributed by atoms with Gasteiger partial charge in [-0.25, -0.2) is 13.8 Å². The molecule has 30 heavy (non-hydrogen) atoms. The van der Waals surface area contributed by atoms with E-state index in [-0.39, 0.29) is 12.5 Å². The summed E-state index contributed by atoms with van der Waals surface area (Å²) in [6.07, 6.45) is 1.57. The standard InChI is InChI=1S/C21H26N4O4S/c1-17-3-9-20(10-4-17)30(27,28)25-13-11-24(12-14-25)16-21(26)23-22-15-18-5-7-19(29-2)8-6-18/h3-10,15H,11-14,16H2,1-2H3,(H,23,26)/p+1. The van der Waals surface area contributed by atoms with Crippen LogP contribution in [0.1, 0.15) is 11.1 Å². The number of sulfonamides is 1. The monoisotopic (exact) mass is 431 g/mol. The molecule has 1 aliphatic rings. The van der Waals surface area contributed by atoms with Gasteiger partial charge in [0, 0.05) is 0 Å². The number of methoxy groups -OCH3 is 1. The average molecular weight is 432 g/mol. The van der Waals surface area contributed by atoms with Gasteiger partial charge in [0.1, 0.15) is 5.75 Å². The number of carbonyl (C=O) groups is 1. The number of piperazine rings is 1. The second-order valence-corrected chi connectivity index (χ2v) is 9.15. The first kappa shape index (κ1) is 21.9. The lowest BCUT2D eigenvalue weighted by atomic mass is 10.2. The van der Waals surface area contributed by atoms with E-state index in [1.165, 1.54) is 4.31 Å². The molecule has 0 radical (unpaired) electrons. The van der Waals surface area contributed by atoms with E-state index in [1.54, 1.807) is 37.6 Å². The number of nitrogens with one attached hydrogen (secondary N) is 2. The summed E-state index contributed by atoms with van der Waals surface area (Å²) < 4.78 is 32.1. The first-order valence-electron chi connectivity index (χ1n) is 9.75. The highest BCUT2D eigenvalue weighted by molar-refractivity contribution is 7.89. The van der Waals surface area contributed by atoms with Crippen LogP contribution in [0, 0.1) is 6.92 Å². The molecule has 3 rings (SSSR count). The fourth-order valence-corrected chi connectivity index (χ4v) is 4.66. The summed E-state index contributed by atoms with van der Waals surface area (Å²) in [5.41, 5.74) is 4.39. The normalized spacial score (nSPS) is 15.9. The van der Waals surface area contributed by atoms with E-state index in [0.717, 1.165) is 21.8 Å². The van der Waals surface area contributed by atoms with E-state index in [9.17, 15) is 13.2 Å². The molecule has 0 bridgehead atoms. The van der Waals surface area contributed by atoms with E-state index >= 15 is 0 Å². The van der Waals surface area contributed by atoms with Crippen LogP contribution in [0.4, 0.5) is 0 Å². The minimum absolute atomic E-state index is 0.204. The van der Waals surface area contributed by atoms with Crippen LogP contribution in [0.25, 0.3) is 0 Å². The number of benzene rings is 2. The number of hydrazone groups is 1. The van der Waals surface area contributed by atoms with Crippen molar-refractivity contribution in [3.05, 3.63) is 59.7 Å². The van der Waals surface area contributed by atoms with E-state index in [2.05, 4.69) is 10.5 Å². The maximum atomic E-state index is 12.8. The molecule has 0 spiro atoms. The Morgan fingerprint density at radius 3 is 2.37 bits per heavy atom. The Labute approximate surface area is 177 Å². The summed E-state index contributed by atoms with van der Waals surface area (Å²) in [5, 5.41) is 3.98. The Hall–Kier alpha value is -2.75. The molecule has 1 fully saturated rings. The lowest BCUT2D eigenvalue weighted by Gasteiger charge is -2.31. The maximum absolute atomic E-state index is 12.8. The molecule has 2 N–H and O–H groups in total. The molecular weight excluding hydrogens is 404 g/mol. The van der Waals surface area contributed by atoms with Crippen LogP contribution in [-0.4, -0.2) is 64.7 Å². The van der Waals surface area contributed by atoms with Crippen molar-refractivity contribution in [1.82, 2.24) is 9.73 Å². The summed E-state index contributed by atoms with van der Waals surface area (Å²) in [6, 6.07) is 14.2. The second-order valence-electron chi connectivity index (χ2n) is 7.21. The number of amides is 1. The van der Waals surface area contributed by atoms with Crippen LogP contribution in [0.5, 0.6) is 5.75 Å². The van der Waals surface area contributed by atoms with Gasteiger partial charge in [0.15, 0.2) is 6.54 Å². The van der Waals surface area contributed by atoms with E-state index < -0.39 is 10.0 Å². The first-order valence-corrected chi connectivity index (χ1v) is 11.2. The van der Waals surface area contributed by atoms with Gasteiger partial charge in [-0.2, -0.15) is 9.41 Å². The number of rotatable bonds is 7. The summed E-state index contributed by atoms with van der Waals surface area (Å²) in [6.45, 7) is 4.08. The SMILES string of the molecule is COc1ccc(C=NNC(=O)C[NH+]2CCN(S(=O)(=O)c3ccc(C)cc3)CC2)cc1. The molecule has 160 valence electrons. The fourth-order valence-electron chi connectivity index (χ4n) is 3.21. The van der Waals surface area contributed by atoms with Crippen molar-refractivity contribution in [3.8, 4) is 5.75 Å². The molecule has 0 aromatic heterocycles. The minimum Gasteiger partial charge on any atom is -0.497 e. The van der Waals surface area contributed by atoms with Crippen molar-refractivity contribution >= 4 is 22.1 Å². The van der Waals surface area contributed by atoms with Crippen LogP contribution in [0.15, 0.2) is 58.5 Å². The molecule has 1 saturated heterocycles. The number of ether oxygens (including phenoxy) is 1. The van der Waals surface area contributed by atoms with Gasteiger partial charge in [0.2, 0.25) is 10.0 Å². The molecule has 0 unspecified atom stereocenters. The summed E-state index contributed by atoms with van der Waals surface area (Å²) in [5.74, 6) is 0.549. The highest BCUT2D eigenvalue weighted by Gasteiger charge is 2.31. The highest BCUT2D eigenvalue weighted by Crippen LogP contribution is 2.16. The maximum Gasteiger partial charge on any atom is 0.295 e. The zero-order chi connectivity index (χ0) is 21.6. The Kier molecular flexibility index (Phi) is 7.20. The van der Waals surface area contributed by atoms with Crippen LogP contribution in [-0.2, 0) is 14.8 Å². The third kappa shape index (κ3) is 5.65. The lowest BCUT2D eigenvalue weighted by Crippen LogP contribution is -3.15. The number of nitrogens with zero attached hydrogens (tertiary/aromatic N) is 2. The van der Waals surface area contributed by atoms with Gasteiger partial charge in [0.25, 0.3) is 5.91 Å². The molecule has 1 aliphatic heterocycles. The summed E-state index contributed by atoms with van der Waals surface area (Å²) >= 11 is 0. The number of aryl methyl sites for hydroxylation is 1. The second kappa shape index (κ2) is 9.84.